The largest absolute Gasteiger partial charge is 0.433 e. The molecule has 1 heterocycles. The molecule has 1 aromatic heterocycles. The van der Waals surface area contributed by atoms with E-state index in [2.05, 4.69) is 37.6 Å². The normalized spacial score (nSPS) is 13.8. The first-order chi connectivity index (χ1) is 16.2. The van der Waals surface area contributed by atoms with Gasteiger partial charge in [-0.1, -0.05) is 39.8 Å². The zero-order valence-corrected chi connectivity index (χ0v) is 20.5. The van der Waals surface area contributed by atoms with Gasteiger partial charge in [-0.25, -0.2) is 4.98 Å². The number of benzene rings is 1. The summed E-state index contributed by atoms with van der Waals surface area (Å²) in [5, 5.41) is 10.9. The van der Waals surface area contributed by atoms with Crippen molar-refractivity contribution in [1.29, 1.82) is 0 Å². The van der Waals surface area contributed by atoms with Crippen LogP contribution in [0, 0.1) is 11.8 Å². The summed E-state index contributed by atoms with van der Waals surface area (Å²) in [6.07, 6.45) is -7.75. The molecule has 9 heteroatoms. The van der Waals surface area contributed by atoms with E-state index in [1.54, 1.807) is 0 Å². The lowest BCUT2D eigenvalue weighted by molar-refractivity contribution is -0.141. The molecule has 0 saturated heterocycles. The highest BCUT2D eigenvalue weighted by atomic mass is 19.4. The first-order valence-corrected chi connectivity index (χ1v) is 11.8. The molecular formula is C26H34F6N2O. The van der Waals surface area contributed by atoms with Crippen LogP contribution >= 0.6 is 0 Å². The van der Waals surface area contributed by atoms with E-state index in [1.165, 1.54) is 6.07 Å². The summed E-state index contributed by atoms with van der Waals surface area (Å²) >= 11 is 0. The molecule has 1 N–H and O–H groups in total. The molecule has 0 aliphatic heterocycles. The average Bonchev–Trinajstić information content (AvgIpc) is 2.75. The van der Waals surface area contributed by atoms with Gasteiger partial charge < -0.3 is 10.0 Å². The fraction of sp³-hybridized carbons (Fsp3) is 0.577. The summed E-state index contributed by atoms with van der Waals surface area (Å²) < 4.78 is 79.3. The minimum Gasteiger partial charge on any atom is -0.387 e. The van der Waals surface area contributed by atoms with Gasteiger partial charge in [0.25, 0.3) is 0 Å². The monoisotopic (exact) mass is 504 g/mol. The molecule has 1 atom stereocenters. The lowest BCUT2D eigenvalue weighted by atomic mass is 10.0. The summed E-state index contributed by atoms with van der Waals surface area (Å²) in [4.78, 5) is 5.68. The van der Waals surface area contributed by atoms with E-state index in [0.717, 1.165) is 49.6 Å². The average molecular weight is 505 g/mol. The second kappa shape index (κ2) is 12.2. The molecular weight excluding hydrogens is 470 g/mol. The standard InChI is InChI=1S/C26H34F6N2O/c1-17(2)6-5-12-34(13-11-18(3)4)16-23(35)20-14-22(33-24(15-20)26(30,31)32)19-7-9-21(10-8-19)25(27,28)29/h7-10,14-15,17-18,23,35H,5-6,11-13,16H2,1-4H3. The van der Waals surface area contributed by atoms with Crippen molar-refractivity contribution in [2.45, 2.75) is 65.4 Å². The Balaban J connectivity index is 2.34. The molecule has 0 radical (unpaired) electrons. The summed E-state index contributed by atoms with van der Waals surface area (Å²) in [7, 11) is 0. The van der Waals surface area contributed by atoms with Crippen LogP contribution in [0.2, 0.25) is 0 Å². The van der Waals surface area contributed by atoms with Gasteiger partial charge in [-0.05, 0) is 74.0 Å². The molecule has 0 amide bonds. The molecule has 0 spiro atoms. The van der Waals surface area contributed by atoms with E-state index in [0.29, 0.717) is 24.9 Å². The Labute approximate surface area is 203 Å². The van der Waals surface area contributed by atoms with Gasteiger partial charge in [-0.2, -0.15) is 26.3 Å². The third kappa shape index (κ3) is 9.44. The zero-order chi connectivity index (χ0) is 26.4. The predicted molar refractivity (Wildman–Crippen MR) is 125 cm³/mol. The van der Waals surface area contributed by atoms with Crippen molar-refractivity contribution >= 4 is 0 Å². The smallest absolute Gasteiger partial charge is 0.387 e. The maximum Gasteiger partial charge on any atom is 0.433 e. The highest BCUT2D eigenvalue weighted by molar-refractivity contribution is 5.61. The van der Waals surface area contributed by atoms with Crippen molar-refractivity contribution in [3.05, 3.63) is 53.2 Å². The minimum atomic E-state index is -4.77. The fourth-order valence-electron chi connectivity index (χ4n) is 3.68. The van der Waals surface area contributed by atoms with Gasteiger partial charge in [0, 0.05) is 12.1 Å². The molecule has 1 unspecified atom stereocenters. The highest BCUT2D eigenvalue weighted by Crippen LogP contribution is 2.34. The van der Waals surface area contributed by atoms with Crippen molar-refractivity contribution in [3.8, 4) is 11.3 Å². The van der Waals surface area contributed by atoms with Gasteiger partial charge in [0.2, 0.25) is 0 Å². The van der Waals surface area contributed by atoms with Crippen molar-refractivity contribution in [3.63, 3.8) is 0 Å². The van der Waals surface area contributed by atoms with Crippen LogP contribution in [0.25, 0.3) is 11.3 Å². The molecule has 0 aliphatic carbocycles. The maximum absolute atomic E-state index is 13.6. The van der Waals surface area contributed by atoms with E-state index in [-0.39, 0.29) is 23.4 Å². The molecule has 2 aromatic rings. The Morgan fingerprint density at radius 1 is 0.829 bits per heavy atom. The second-order valence-corrected chi connectivity index (χ2v) is 9.78. The highest BCUT2D eigenvalue weighted by Gasteiger charge is 2.34. The number of hydrogen-bond donors (Lipinski definition) is 1. The van der Waals surface area contributed by atoms with Crippen LogP contribution in [0.3, 0.4) is 0 Å². The number of halogens is 6. The van der Waals surface area contributed by atoms with Crippen LogP contribution in [0.4, 0.5) is 26.3 Å². The van der Waals surface area contributed by atoms with E-state index < -0.39 is 29.7 Å². The van der Waals surface area contributed by atoms with Gasteiger partial charge in [-0.15, -0.1) is 0 Å². The summed E-state index contributed by atoms with van der Waals surface area (Å²) in [5.41, 5.74) is -2.11. The molecule has 0 saturated carbocycles. The van der Waals surface area contributed by atoms with Crippen LogP contribution in [0.1, 0.15) is 69.9 Å². The molecule has 1 aromatic carbocycles. The first kappa shape index (κ1) is 29.1. The Hall–Kier alpha value is -2.13. The number of rotatable bonds is 11. The Kier molecular flexibility index (Phi) is 10.2. The van der Waals surface area contributed by atoms with Crippen LogP contribution in [0.5, 0.6) is 0 Å². The number of alkyl halides is 6. The number of nitrogens with zero attached hydrogens (tertiary/aromatic N) is 2. The third-order valence-corrected chi connectivity index (χ3v) is 5.74. The van der Waals surface area contributed by atoms with Gasteiger partial charge in [0.1, 0.15) is 5.69 Å². The van der Waals surface area contributed by atoms with Crippen molar-refractivity contribution in [1.82, 2.24) is 9.88 Å². The van der Waals surface area contributed by atoms with Gasteiger partial charge >= 0.3 is 12.4 Å². The van der Waals surface area contributed by atoms with Crippen molar-refractivity contribution in [2.24, 2.45) is 11.8 Å². The van der Waals surface area contributed by atoms with E-state index in [1.807, 2.05) is 0 Å². The number of aromatic nitrogens is 1. The quantitative estimate of drug-likeness (QED) is 0.320. The van der Waals surface area contributed by atoms with Crippen molar-refractivity contribution < 1.29 is 31.4 Å². The Morgan fingerprint density at radius 2 is 1.43 bits per heavy atom. The van der Waals surface area contributed by atoms with Crippen LogP contribution in [-0.2, 0) is 12.4 Å². The van der Waals surface area contributed by atoms with Gasteiger partial charge in [0.15, 0.2) is 0 Å². The van der Waals surface area contributed by atoms with Crippen LogP contribution in [-0.4, -0.2) is 34.6 Å². The molecule has 3 nitrogen and oxygen atoms in total. The predicted octanol–water partition coefficient (Wildman–Crippen LogP) is 7.60. The topological polar surface area (TPSA) is 36.4 Å². The molecule has 35 heavy (non-hydrogen) atoms. The lowest BCUT2D eigenvalue weighted by Crippen LogP contribution is -2.31. The van der Waals surface area contributed by atoms with E-state index in [4.69, 9.17) is 0 Å². The van der Waals surface area contributed by atoms with Crippen LogP contribution in [0.15, 0.2) is 36.4 Å². The number of hydrogen-bond acceptors (Lipinski definition) is 3. The lowest BCUT2D eigenvalue weighted by Gasteiger charge is -2.27. The maximum atomic E-state index is 13.6. The molecule has 0 bridgehead atoms. The molecule has 2 rings (SSSR count). The minimum absolute atomic E-state index is 0.0284. The second-order valence-electron chi connectivity index (χ2n) is 9.78. The van der Waals surface area contributed by atoms with Crippen LogP contribution < -0.4 is 0 Å². The molecule has 0 fully saturated rings. The zero-order valence-electron chi connectivity index (χ0n) is 20.5. The SMILES string of the molecule is CC(C)CCCN(CCC(C)C)CC(O)c1cc(-c2ccc(C(F)(F)F)cc2)nc(C(F)(F)F)c1. The third-order valence-electron chi connectivity index (χ3n) is 5.74. The Morgan fingerprint density at radius 3 is 1.94 bits per heavy atom. The number of aliphatic hydroxyl groups excluding tert-OH is 1. The first-order valence-electron chi connectivity index (χ1n) is 11.8. The van der Waals surface area contributed by atoms with Gasteiger partial charge in [-0.3, -0.25) is 0 Å². The van der Waals surface area contributed by atoms with E-state index >= 15 is 0 Å². The summed E-state index contributed by atoms with van der Waals surface area (Å²) in [6, 6.07) is 5.90. The molecule has 196 valence electrons. The van der Waals surface area contributed by atoms with E-state index in [9.17, 15) is 31.4 Å². The molecule has 0 aliphatic rings. The number of aliphatic hydroxyl groups is 1. The summed E-state index contributed by atoms with van der Waals surface area (Å²) in [5.74, 6) is 0.955. The van der Waals surface area contributed by atoms with Gasteiger partial charge in [0.05, 0.1) is 17.4 Å². The fourth-order valence-corrected chi connectivity index (χ4v) is 3.68. The summed E-state index contributed by atoms with van der Waals surface area (Å²) in [6.45, 7) is 9.96. The Bertz CT molecular complexity index is 923. The number of pyridine rings is 1. The van der Waals surface area contributed by atoms with Crippen molar-refractivity contribution in [2.75, 3.05) is 19.6 Å².